The van der Waals surface area contributed by atoms with Crippen LogP contribution in [-0.2, 0) is 47.6 Å². The van der Waals surface area contributed by atoms with Gasteiger partial charge in [-0.1, -0.05) is 23.4 Å². The fourth-order valence-corrected chi connectivity index (χ4v) is 7.89. The molecule has 2 unspecified atom stereocenters. The number of hydrogen-bond acceptors (Lipinski definition) is 16. The predicted molar refractivity (Wildman–Crippen MR) is 278 cm³/mol. The third kappa shape index (κ3) is 17.6. The Morgan fingerprint density at radius 3 is 1.49 bits per heavy atom. The zero-order chi connectivity index (χ0) is 52.6. The maximum absolute atomic E-state index is 13.2. The molecule has 0 radical (unpaired) electrons. The van der Waals surface area contributed by atoms with Crippen molar-refractivity contribution in [3.8, 4) is 0 Å². The minimum atomic E-state index is -0.934. The van der Waals surface area contributed by atoms with Crippen LogP contribution >= 0.6 is 15.9 Å². The number of pyridine rings is 2. The van der Waals surface area contributed by atoms with E-state index in [9.17, 15) is 38.4 Å². The molecule has 72 heavy (non-hydrogen) atoms. The number of rotatable bonds is 11. The largest absolute Gasteiger partial charge is 0.469 e. The standard InChI is InChI=1S/C25H33N3O7.C18H23N3O3.C7H11BrO4.CH4/c1-25(2,3)35-24(32)27-14-12-26(13-15-27)18-6-7-19-17(16-18)10-11-28(22(19)30)20(23(31)34-5)8-9-21(29)33-4;1-18(2,3)24-17(23)21-10-8-20(9-11-21)14-4-5-15-13(12-14)6-7-19-16(15)22;1-11-6(9)4-3-5(8)7(10)12-2;/h6-7,10-11,16,20H,8-9,12-15H2,1-5H3;4-7,12H,8-11H2,1-3H3,(H,19,22);5H,3-4H2,1-2H3;1H4. The van der Waals surface area contributed by atoms with Gasteiger partial charge in [-0.2, -0.15) is 0 Å². The van der Waals surface area contributed by atoms with Crippen molar-refractivity contribution >= 4 is 84.9 Å². The molecule has 0 spiro atoms. The first-order valence-electron chi connectivity index (χ1n) is 23.1. The second kappa shape index (κ2) is 27.3. The summed E-state index contributed by atoms with van der Waals surface area (Å²) in [5.74, 6) is -1.78. The van der Waals surface area contributed by atoms with E-state index in [0.29, 0.717) is 56.5 Å². The van der Waals surface area contributed by atoms with Gasteiger partial charge in [-0.25, -0.2) is 14.4 Å². The molecule has 396 valence electrons. The van der Waals surface area contributed by atoms with Gasteiger partial charge in [-0.15, -0.1) is 0 Å². The highest BCUT2D eigenvalue weighted by Gasteiger charge is 2.29. The summed E-state index contributed by atoms with van der Waals surface area (Å²) in [7, 11) is 5.12. The van der Waals surface area contributed by atoms with E-state index in [4.69, 9.17) is 14.2 Å². The average molecular weight is 1070 g/mol. The minimum Gasteiger partial charge on any atom is -0.469 e. The van der Waals surface area contributed by atoms with Crippen LogP contribution in [0.25, 0.3) is 21.5 Å². The molecular weight excluding hydrogens is 1000 g/mol. The van der Waals surface area contributed by atoms with Gasteiger partial charge < -0.3 is 57.6 Å². The second-order valence-corrected chi connectivity index (χ2v) is 19.7. The van der Waals surface area contributed by atoms with Crippen molar-refractivity contribution in [1.29, 1.82) is 0 Å². The molecule has 2 saturated heterocycles. The number of aromatic amines is 1. The molecule has 2 aromatic carbocycles. The minimum absolute atomic E-state index is 0. The van der Waals surface area contributed by atoms with Crippen LogP contribution in [0.5, 0.6) is 0 Å². The lowest BCUT2D eigenvalue weighted by atomic mass is 10.1. The highest BCUT2D eigenvalue weighted by Crippen LogP contribution is 2.25. The van der Waals surface area contributed by atoms with Crippen LogP contribution in [0.3, 0.4) is 0 Å². The van der Waals surface area contributed by atoms with Crippen LogP contribution in [0.1, 0.15) is 80.7 Å². The van der Waals surface area contributed by atoms with Gasteiger partial charge in [-0.3, -0.25) is 24.0 Å². The number of aromatic nitrogens is 2. The summed E-state index contributed by atoms with van der Waals surface area (Å²) in [6.07, 6.45) is 3.30. The molecule has 2 atom stereocenters. The van der Waals surface area contributed by atoms with Gasteiger partial charge in [0.15, 0.2) is 0 Å². The zero-order valence-electron chi connectivity index (χ0n) is 42.2. The van der Waals surface area contributed by atoms with Gasteiger partial charge in [-0.05, 0) is 114 Å². The Labute approximate surface area is 428 Å². The number of esters is 4. The number of ether oxygens (including phenoxy) is 6. The van der Waals surface area contributed by atoms with Crippen LogP contribution < -0.4 is 20.9 Å². The highest BCUT2D eigenvalue weighted by atomic mass is 79.9. The van der Waals surface area contributed by atoms with Crippen molar-refractivity contribution in [1.82, 2.24) is 19.4 Å². The molecule has 2 amide bonds. The molecule has 1 N–H and O–H groups in total. The van der Waals surface area contributed by atoms with Crippen molar-refractivity contribution in [2.24, 2.45) is 0 Å². The third-order valence-corrected chi connectivity index (χ3v) is 12.0. The molecule has 2 aromatic heterocycles. The Morgan fingerprint density at radius 2 is 1.04 bits per heavy atom. The number of hydrogen-bond donors (Lipinski definition) is 1. The van der Waals surface area contributed by atoms with Crippen LogP contribution in [0.2, 0.25) is 0 Å². The average Bonchev–Trinajstić information content (AvgIpc) is 3.34. The van der Waals surface area contributed by atoms with E-state index in [1.807, 2.05) is 77.9 Å². The number of H-pyrrole nitrogens is 1. The van der Waals surface area contributed by atoms with Gasteiger partial charge in [0.25, 0.3) is 11.1 Å². The summed E-state index contributed by atoms with van der Waals surface area (Å²) in [5, 5.41) is 2.80. The molecule has 0 saturated carbocycles. The lowest BCUT2D eigenvalue weighted by molar-refractivity contribution is -0.146. The Hall–Kier alpha value is -6.64. The van der Waals surface area contributed by atoms with E-state index in [2.05, 4.69) is 44.9 Å². The third-order valence-electron chi connectivity index (χ3n) is 11.2. The molecule has 6 rings (SSSR count). The zero-order valence-corrected chi connectivity index (χ0v) is 43.8. The number of carbonyl (C=O) groups excluding carboxylic acids is 6. The number of anilines is 2. The molecule has 0 aliphatic carbocycles. The van der Waals surface area contributed by atoms with E-state index in [1.54, 1.807) is 34.3 Å². The molecular formula is C51H71BrN6O14. The summed E-state index contributed by atoms with van der Waals surface area (Å²) in [6, 6.07) is 14.1. The van der Waals surface area contributed by atoms with Gasteiger partial charge in [0, 0.05) is 99.7 Å². The smallest absolute Gasteiger partial charge is 0.410 e. The Kier molecular flexibility index (Phi) is 22.6. The lowest BCUT2D eigenvalue weighted by Crippen LogP contribution is -2.50. The fourth-order valence-electron chi connectivity index (χ4n) is 7.47. The quantitative estimate of drug-likeness (QED) is 0.0923. The number of nitrogens with zero attached hydrogens (tertiary/aromatic N) is 5. The Bertz CT molecular complexity index is 2610. The van der Waals surface area contributed by atoms with E-state index in [0.717, 1.165) is 35.2 Å². The monoisotopic (exact) mass is 1070 g/mol. The fraction of sp³-hybridized carbons (Fsp3) is 0.529. The van der Waals surface area contributed by atoms with Crippen LogP contribution in [0.4, 0.5) is 21.0 Å². The van der Waals surface area contributed by atoms with Crippen molar-refractivity contribution < 1.29 is 57.2 Å². The number of alkyl halides is 1. The number of piperazine rings is 2. The molecule has 21 heteroatoms. The molecule has 4 aromatic rings. The van der Waals surface area contributed by atoms with Crippen molar-refractivity contribution in [3.63, 3.8) is 0 Å². The van der Waals surface area contributed by atoms with Gasteiger partial charge in [0.2, 0.25) is 0 Å². The van der Waals surface area contributed by atoms with E-state index in [1.165, 1.54) is 33.0 Å². The van der Waals surface area contributed by atoms with E-state index in [-0.39, 0.29) is 61.9 Å². The summed E-state index contributed by atoms with van der Waals surface area (Å²) in [6.45, 7) is 16.2. The Balaban J connectivity index is 0.000000319. The first-order valence-corrected chi connectivity index (χ1v) is 24.1. The lowest BCUT2D eigenvalue weighted by Gasteiger charge is -2.36. The van der Waals surface area contributed by atoms with E-state index < -0.39 is 34.0 Å². The maximum atomic E-state index is 13.2. The number of fused-ring (bicyclic) bond motifs is 2. The number of halogens is 1. The van der Waals surface area contributed by atoms with Crippen LogP contribution in [0, 0.1) is 0 Å². The van der Waals surface area contributed by atoms with Gasteiger partial charge >= 0.3 is 36.1 Å². The number of nitrogens with one attached hydrogen (secondary N) is 1. The molecule has 20 nitrogen and oxygen atoms in total. The van der Waals surface area contributed by atoms with Crippen molar-refractivity contribution in [2.75, 3.05) is 90.6 Å². The molecule has 2 aliphatic heterocycles. The van der Waals surface area contributed by atoms with Crippen molar-refractivity contribution in [3.05, 3.63) is 81.6 Å². The summed E-state index contributed by atoms with van der Waals surface area (Å²) in [4.78, 5) is 105. The molecule has 4 heterocycles. The molecule has 2 aliphatic rings. The predicted octanol–water partition coefficient (Wildman–Crippen LogP) is 6.82. The summed E-state index contributed by atoms with van der Waals surface area (Å²) < 4.78 is 30.5. The van der Waals surface area contributed by atoms with Crippen LogP contribution in [-0.4, -0.2) is 152 Å². The first kappa shape index (κ1) is 59.7. The number of benzene rings is 2. The SMILES string of the molecule is C.CC(C)(C)OC(=O)N1CCN(c2ccc3c(=O)[nH]ccc3c2)CC1.COC(=O)CCC(Br)C(=O)OC.COC(=O)CCC(C(=O)OC)n1ccc2cc(N3CCN(C(=O)OC(C)(C)C)CC3)ccc2c1=O. The van der Waals surface area contributed by atoms with Crippen LogP contribution in [0.15, 0.2) is 70.5 Å². The number of methoxy groups -OCH3 is 4. The Morgan fingerprint density at radius 1 is 0.597 bits per heavy atom. The molecule has 2 fully saturated rings. The first-order chi connectivity index (χ1) is 33.5. The molecule has 0 bridgehead atoms. The summed E-state index contributed by atoms with van der Waals surface area (Å²) >= 11 is 3.08. The number of carbonyl (C=O) groups is 6. The summed E-state index contributed by atoms with van der Waals surface area (Å²) in [5.41, 5.74) is 0.578. The van der Waals surface area contributed by atoms with Crippen molar-refractivity contribution in [2.45, 2.75) is 96.7 Å². The highest BCUT2D eigenvalue weighted by molar-refractivity contribution is 9.10. The topological polar surface area (TPSA) is 226 Å². The second-order valence-electron chi connectivity index (χ2n) is 18.5. The van der Waals surface area contributed by atoms with E-state index >= 15 is 0 Å². The van der Waals surface area contributed by atoms with Gasteiger partial charge in [0.05, 0.1) is 28.4 Å². The number of amides is 2. The maximum Gasteiger partial charge on any atom is 0.410 e. The van der Waals surface area contributed by atoms with Gasteiger partial charge in [0.1, 0.15) is 22.1 Å². The normalized spacial score (nSPS) is 14.5.